The monoisotopic (exact) mass is 423 g/mol. The van der Waals surface area contributed by atoms with E-state index in [-0.39, 0.29) is 17.1 Å². The molecule has 31 heavy (non-hydrogen) atoms. The average Bonchev–Trinajstić information content (AvgIpc) is 2.72. The molecule has 0 saturated heterocycles. The summed E-state index contributed by atoms with van der Waals surface area (Å²) in [7, 11) is 0. The summed E-state index contributed by atoms with van der Waals surface area (Å²) < 4.78 is 0. The Morgan fingerprint density at radius 2 is 1.90 bits per heavy atom. The maximum Gasteiger partial charge on any atom is 0.269 e. The van der Waals surface area contributed by atoms with Gasteiger partial charge in [-0.2, -0.15) is 5.11 Å². The third-order valence-electron chi connectivity index (χ3n) is 5.75. The molecule has 8 heteroatoms. The molecule has 0 fully saturated rings. The predicted molar refractivity (Wildman–Crippen MR) is 123 cm³/mol. The maximum absolute atomic E-state index is 12.2. The number of benzene rings is 2. The van der Waals surface area contributed by atoms with Crippen LogP contribution in [0.4, 0.5) is 28.4 Å². The minimum atomic E-state index is -0.453. The molecule has 0 bridgehead atoms. The minimum absolute atomic E-state index is 0.000254. The summed E-state index contributed by atoms with van der Waals surface area (Å²) in [6.07, 6.45) is 1.36. The fourth-order valence-electron chi connectivity index (χ4n) is 4.29. The zero-order valence-electron chi connectivity index (χ0n) is 18.7. The highest BCUT2D eigenvalue weighted by molar-refractivity contribution is 5.95. The number of non-ortho nitro benzene ring substituents is 1. The molecule has 1 N–H and O–H groups in total. The van der Waals surface area contributed by atoms with Gasteiger partial charge in [-0.15, -0.1) is 5.11 Å². The fourth-order valence-corrected chi connectivity index (χ4v) is 4.29. The summed E-state index contributed by atoms with van der Waals surface area (Å²) in [5, 5.41) is 22.4. The van der Waals surface area contributed by atoms with Crippen molar-refractivity contribution in [2.75, 3.05) is 16.8 Å². The van der Waals surface area contributed by atoms with E-state index in [0.717, 1.165) is 18.7 Å². The number of nitrogens with zero attached hydrogens (tertiary/aromatic N) is 4. The lowest BCUT2D eigenvalue weighted by molar-refractivity contribution is -0.384. The number of carbonyl (C=O) groups is 1. The lowest BCUT2D eigenvalue weighted by Crippen LogP contribution is -2.48. The smallest absolute Gasteiger partial charge is 0.269 e. The molecule has 0 saturated carbocycles. The van der Waals surface area contributed by atoms with Crippen molar-refractivity contribution in [3.05, 3.63) is 52.1 Å². The Hall–Kier alpha value is -3.29. The van der Waals surface area contributed by atoms with E-state index in [1.165, 1.54) is 17.7 Å². The average molecular weight is 424 g/mol. The molecule has 1 heterocycles. The number of anilines is 2. The highest BCUT2D eigenvalue weighted by Crippen LogP contribution is 2.47. The topological polar surface area (TPSA) is 100 Å². The molecule has 1 aliphatic rings. The SMILES string of the molecule is CCC(=O)Nc1cc2c(cc1/N=N/c1ccc([N+](=O)[O-])cc1)C(C)CC(C)(C)N2CC. The van der Waals surface area contributed by atoms with Gasteiger partial charge in [-0.1, -0.05) is 13.8 Å². The number of nitrogens with one attached hydrogen (secondary N) is 1. The van der Waals surface area contributed by atoms with Gasteiger partial charge in [0, 0.05) is 36.3 Å². The molecule has 164 valence electrons. The molecule has 2 aromatic carbocycles. The number of amides is 1. The molecule has 1 amide bonds. The Kier molecular flexibility index (Phi) is 6.38. The van der Waals surface area contributed by atoms with Crippen LogP contribution in [0.3, 0.4) is 0 Å². The minimum Gasteiger partial charge on any atom is -0.366 e. The van der Waals surface area contributed by atoms with Gasteiger partial charge in [0.15, 0.2) is 0 Å². The second-order valence-electron chi connectivity index (χ2n) is 8.47. The maximum atomic E-state index is 12.2. The Labute approximate surface area is 182 Å². The van der Waals surface area contributed by atoms with Gasteiger partial charge in [-0.05, 0) is 62.9 Å². The molecule has 0 spiro atoms. The molecule has 8 nitrogen and oxygen atoms in total. The summed E-state index contributed by atoms with van der Waals surface area (Å²) >= 11 is 0. The molecule has 1 unspecified atom stereocenters. The fraction of sp³-hybridized carbons (Fsp3) is 0.435. The first-order valence-corrected chi connectivity index (χ1v) is 10.6. The van der Waals surface area contributed by atoms with Crippen LogP contribution in [0.15, 0.2) is 46.6 Å². The van der Waals surface area contributed by atoms with Crippen LogP contribution in [0.2, 0.25) is 0 Å². The number of carbonyl (C=O) groups excluding carboxylic acids is 1. The number of rotatable bonds is 6. The number of azo groups is 1. The molecule has 0 aliphatic carbocycles. The molecule has 3 rings (SSSR count). The Bertz CT molecular complexity index is 1010. The molecular weight excluding hydrogens is 394 g/mol. The van der Waals surface area contributed by atoms with Gasteiger partial charge in [-0.25, -0.2) is 0 Å². The number of nitro groups is 1. The van der Waals surface area contributed by atoms with Crippen LogP contribution in [0.5, 0.6) is 0 Å². The molecule has 0 aromatic heterocycles. The van der Waals surface area contributed by atoms with Crippen LogP contribution in [-0.2, 0) is 4.79 Å². The van der Waals surface area contributed by atoms with E-state index in [2.05, 4.69) is 48.1 Å². The Morgan fingerprint density at radius 3 is 2.48 bits per heavy atom. The van der Waals surface area contributed by atoms with Crippen molar-refractivity contribution in [1.82, 2.24) is 0 Å². The molecule has 2 aromatic rings. The van der Waals surface area contributed by atoms with Crippen molar-refractivity contribution in [2.24, 2.45) is 10.2 Å². The zero-order valence-corrected chi connectivity index (χ0v) is 18.7. The first-order valence-electron chi connectivity index (χ1n) is 10.6. The summed E-state index contributed by atoms with van der Waals surface area (Å²) in [6, 6.07) is 9.88. The van der Waals surface area contributed by atoms with Crippen molar-refractivity contribution in [2.45, 2.75) is 58.9 Å². The van der Waals surface area contributed by atoms with Gasteiger partial charge in [0.2, 0.25) is 5.91 Å². The molecule has 0 radical (unpaired) electrons. The highest BCUT2D eigenvalue weighted by atomic mass is 16.6. The Morgan fingerprint density at radius 1 is 1.23 bits per heavy atom. The van der Waals surface area contributed by atoms with Gasteiger partial charge in [0.25, 0.3) is 5.69 Å². The molecular formula is C23H29N5O3. The lowest BCUT2D eigenvalue weighted by atomic mass is 9.79. The van der Waals surface area contributed by atoms with Gasteiger partial charge in [-0.3, -0.25) is 14.9 Å². The number of hydrogen-bond acceptors (Lipinski definition) is 6. The number of hydrogen-bond donors (Lipinski definition) is 1. The standard InChI is InChI=1S/C23H29N5O3/c1-6-22(29)24-19-13-21-18(15(3)14-23(4,5)27(21)7-2)12-20(19)26-25-16-8-10-17(11-9-16)28(30)31/h8-13,15H,6-7,14H2,1-5H3,(H,24,29)/b26-25+. The van der Waals surface area contributed by atoms with E-state index in [1.807, 2.05) is 12.1 Å². The van der Waals surface area contributed by atoms with Crippen molar-refractivity contribution >= 4 is 34.3 Å². The number of fused-ring (bicyclic) bond motifs is 1. The first kappa shape index (κ1) is 22.4. The first-order chi connectivity index (χ1) is 14.7. The van der Waals surface area contributed by atoms with Gasteiger partial charge in [0.1, 0.15) is 5.69 Å². The van der Waals surface area contributed by atoms with E-state index in [0.29, 0.717) is 29.4 Å². The summed E-state index contributed by atoms with van der Waals surface area (Å²) in [5.74, 6) is 0.231. The zero-order chi connectivity index (χ0) is 22.8. The summed E-state index contributed by atoms with van der Waals surface area (Å²) in [6.45, 7) is 11.5. The number of nitro benzene ring substituents is 1. The van der Waals surface area contributed by atoms with Crippen LogP contribution in [-0.4, -0.2) is 22.9 Å². The third kappa shape index (κ3) is 4.73. The molecule has 1 aliphatic heterocycles. The lowest BCUT2D eigenvalue weighted by Gasteiger charge is -2.47. The summed E-state index contributed by atoms with van der Waals surface area (Å²) in [4.78, 5) is 24.9. The van der Waals surface area contributed by atoms with Crippen LogP contribution in [0.25, 0.3) is 0 Å². The second kappa shape index (κ2) is 8.83. The highest BCUT2D eigenvalue weighted by Gasteiger charge is 2.36. The second-order valence-corrected chi connectivity index (χ2v) is 8.47. The largest absolute Gasteiger partial charge is 0.366 e. The van der Waals surface area contributed by atoms with E-state index in [4.69, 9.17) is 0 Å². The van der Waals surface area contributed by atoms with E-state index < -0.39 is 4.92 Å². The van der Waals surface area contributed by atoms with Crippen LogP contribution < -0.4 is 10.2 Å². The molecule has 1 atom stereocenters. The summed E-state index contributed by atoms with van der Waals surface area (Å²) in [5.41, 5.74) is 3.97. The third-order valence-corrected chi connectivity index (χ3v) is 5.75. The van der Waals surface area contributed by atoms with E-state index in [9.17, 15) is 14.9 Å². The van der Waals surface area contributed by atoms with Gasteiger partial charge in [0.05, 0.1) is 16.3 Å². The van der Waals surface area contributed by atoms with E-state index >= 15 is 0 Å². The van der Waals surface area contributed by atoms with Crippen molar-refractivity contribution in [1.29, 1.82) is 0 Å². The van der Waals surface area contributed by atoms with Crippen molar-refractivity contribution < 1.29 is 9.72 Å². The Balaban J connectivity index is 2.05. The van der Waals surface area contributed by atoms with Gasteiger partial charge < -0.3 is 10.2 Å². The van der Waals surface area contributed by atoms with Gasteiger partial charge >= 0.3 is 0 Å². The quantitative estimate of drug-likeness (QED) is 0.327. The van der Waals surface area contributed by atoms with Crippen molar-refractivity contribution in [3.63, 3.8) is 0 Å². The normalized spacial score (nSPS) is 17.5. The van der Waals surface area contributed by atoms with E-state index in [1.54, 1.807) is 19.1 Å². The van der Waals surface area contributed by atoms with Crippen LogP contribution in [0, 0.1) is 10.1 Å². The van der Waals surface area contributed by atoms with Crippen LogP contribution >= 0.6 is 0 Å². The predicted octanol–water partition coefficient (Wildman–Crippen LogP) is 6.47. The van der Waals surface area contributed by atoms with Crippen LogP contribution in [0.1, 0.15) is 58.9 Å². The van der Waals surface area contributed by atoms with Crippen molar-refractivity contribution in [3.8, 4) is 0 Å².